The molecule has 11 rings (SSSR count). The molecule has 63 heavy (non-hydrogen) atoms. The summed E-state index contributed by atoms with van der Waals surface area (Å²) in [4.78, 5) is 0. The van der Waals surface area contributed by atoms with Gasteiger partial charge in [-0.25, -0.2) is 0 Å². The Morgan fingerprint density at radius 1 is 0.778 bits per heavy atom. The molecule has 0 radical (unpaired) electrons. The van der Waals surface area contributed by atoms with Gasteiger partial charge in [-0.3, -0.25) is 0 Å². The quantitative estimate of drug-likeness (QED) is 0.163. The Kier molecular flexibility index (Phi) is 8.42. The minimum atomic E-state index is -0.527. The van der Waals surface area contributed by atoms with Crippen molar-refractivity contribution in [3.63, 3.8) is 0 Å². The summed E-state index contributed by atoms with van der Waals surface area (Å²) in [7, 11) is 0. The monoisotopic (exact) mass is 814 g/mol. The minimum absolute atomic E-state index is 0.160. The number of aromatic nitrogens is 2. The SMILES string of the molecule is C=C/C(C)=C(/C=C\C)C1=C(C)C(C)(C)c2ccc3c(c21)c1ccccc1n3C1=CC(C#N)=C(n2c3ccccc3c3c4c(ccc32)C(C)(C)C2=C4C3C=CC=CC3C=C2)CC1C#N. The first kappa shape index (κ1) is 38.8. The maximum atomic E-state index is 11.3. The molecule has 2 heterocycles. The van der Waals surface area contributed by atoms with E-state index in [1.165, 1.54) is 66.3 Å². The summed E-state index contributed by atoms with van der Waals surface area (Å²) in [5, 5.41) is 27.2. The largest absolute Gasteiger partial charge is 0.312 e. The van der Waals surface area contributed by atoms with Crippen molar-refractivity contribution in [1.29, 1.82) is 10.5 Å². The number of fused-ring (bicyclic) bond motifs is 13. The molecule has 3 atom stereocenters. The summed E-state index contributed by atoms with van der Waals surface area (Å²) >= 11 is 0. The van der Waals surface area contributed by atoms with Crippen LogP contribution in [-0.4, -0.2) is 9.13 Å². The average molecular weight is 815 g/mol. The lowest BCUT2D eigenvalue weighted by Crippen LogP contribution is -2.20. The van der Waals surface area contributed by atoms with Crippen LogP contribution < -0.4 is 0 Å². The second-order valence-electron chi connectivity index (χ2n) is 19.0. The lowest BCUT2D eigenvalue weighted by atomic mass is 9.73. The van der Waals surface area contributed by atoms with Gasteiger partial charge in [0.25, 0.3) is 0 Å². The van der Waals surface area contributed by atoms with Crippen molar-refractivity contribution in [2.45, 2.75) is 65.7 Å². The van der Waals surface area contributed by atoms with Crippen LogP contribution in [-0.2, 0) is 10.8 Å². The second-order valence-corrected chi connectivity index (χ2v) is 19.0. The fourth-order valence-corrected chi connectivity index (χ4v) is 11.9. The summed E-state index contributed by atoms with van der Waals surface area (Å²) in [5.74, 6) is 0.0422. The van der Waals surface area contributed by atoms with Crippen molar-refractivity contribution in [3.8, 4) is 12.1 Å². The van der Waals surface area contributed by atoms with Crippen molar-refractivity contribution in [1.82, 2.24) is 9.13 Å². The van der Waals surface area contributed by atoms with Crippen molar-refractivity contribution >= 4 is 66.2 Å². The number of hydrogen-bond donors (Lipinski definition) is 0. The van der Waals surface area contributed by atoms with E-state index in [1.54, 1.807) is 0 Å². The lowest BCUT2D eigenvalue weighted by molar-refractivity contribution is 0.628. The van der Waals surface area contributed by atoms with Gasteiger partial charge in [0.15, 0.2) is 0 Å². The van der Waals surface area contributed by atoms with E-state index in [1.807, 2.05) is 12.2 Å². The Morgan fingerprint density at radius 2 is 1.41 bits per heavy atom. The first-order valence-electron chi connectivity index (χ1n) is 22.3. The zero-order chi connectivity index (χ0) is 43.7. The highest BCUT2D eigenvalue weighted by Gasteiger charge is 2.44. The molecule has 0 fully saturated rings. The predicted molar refractivity (Wildman–Crippen MR) is 263 cm³/mol. The van der Waals surface area contributed by atoms with Gasteiger partial charge in [0, 0.05) is 62.0 Å². The van der Waals surface area contributed by atoms with Crippen LogP contribution in [0.2, 0.25) is 0 Å². The Hall–Kier alpha value is -7.14. The standard InChI is InChI=1S/C59H50N4/c1-9-17-39(34(3)10-2)52-35(4)58(5,6)44-26-28-48-54(56(44)52)41-20-13-15-22-46(41)62(48)50-30-38(33-61)51(31-37(50)32-60)63-47-23-16-14-21-42(47)55-49(63)29-27-45-57(55)53-40-19-12-11-18-36(40)24-25-43(53)59(45,7)8/h9-30,36-37,40H,2,31H2,1,3-8H3/b17-9-,39-34-. The molecule has 4 nitrogen and oxygen atoms in total. The number of rotatable bonds is 5. The first-order valence-corrected chi connectivity index (χ1v) is 22.3. The van der Waals surface area contributed by atoms with Gasteiger partial charge < -0.3 is 9.13 Å². The Labute approximate surface area is 370 Å². The molecule has 0 bridgehead atoms. The molecule has 5 aliphatic carbocycles. The van der Waals surface area contributed by atoms with Crippen LogP contribution >= 0.6 is 0 Å². The summed E-state index contributed by atoms with van der Waals surface area (Å²) in [5.41, 5.74) is 18.9. The van der Waals surface area contributed by atoms with Gasteiger partial charge in [-0.1, -0.05) is 143 Å². The molecule has 5 aliphatic rings. The minimum Gasteiger partial charge on any atom is -0.312 e. The van der Waals surface area contributed by atoms with E-state index in [2.05, 4.69) is 198 Å². The molecule has 0 amide bonds. The molecule has 0 saturated heterocycles. The zero-order valence-electron chi connectivity index (χ0n) is 37.1. The van der Waals surface area contributed by atoms with Crippen molar-refractivity contribution < 1.29 is 0 Å². The molecule has 6 aromatic rings. The molecule has 0 aliphatic heterocycles. The van der Waals surface area contributed by atoms with Gasteiger partial charge in [-0.15, -0.1) is 0 Å². The number of nitrogens with zero attached hydrogens (tertiary/aromatic N) is 4. The highest BCUT2D eigenvalue weighted by atomic mass is 15.0. The third kappa shape index (κ3) is 5.07. The van der Waals surface area contributed by atoms with Crippen LogP contribution in [0.25, 0.3) is 66.2 Å². The summed E-state index contributed by atoms with van der Waals surface area (Å²) < 4.78 is 4.58. The number of hydrogen-bond acceptors (Lipinski definition) is 2. The van der Waals surface area contributed by atoms with Crippen molar-refractivity contribution in [3.05, 3.63) is 190 Å². The zero-order valence-corrected chi connectivity index (χ0v) is 37.1. The third-order valence-electron chi connectivity index (χ3n) is 15.3. The van der Waals surface area contributed by atoms with E-state index in [4.69, 9.17) is 0 Å². The molecule has 4 aromatic carbocycles. The number of nitriles is 2. The van der Waals surface area contributed by atoms with Crippen molar-refractivity contribution in [2.24, 2.45) is 17.8 Å². The summed E-state index contributed by atoms with van der Waals surface area (Å²) in [6, 6.07) is 31.7. The smallest absolute Gasteiger partial charge is 0.101 e. The number of benzene rings is 4. The normalized spacial score (nSPS) is 22.2. The molecular weight excluding hydrogens is 765 g/mol. The fraction of sp³-hybridized carbons (Fsp3) is 0.220. The van der Waals surface area contributed by atoms with E-state index in [0.29, 0.717) is 17.9 Å². The molecule has 0 N–H and O–H groups in total. The summed E-state index contributed by atoms with van der Waals surface area (Å²) in [6.45, 7) is 20.0. The van der Waals surface area contributed by atoms with Crippen LogP contribution in [0, 0.1) is 40.4 Å². The Morgan fingerprint density at radius 3 is 2.08 bits per heavy atom. The highest BCUT2D eigenvalue weighted by molar-refractivity contribution is 6.19. The van der Waals surface area contributed by atoms with Gasteiger partial charge in [0.1, 0.15) is 6.07 Å². The van der Waals surface area contributed by atoms with E-state index in [0.717, 1.165) is 44.4 Å². The molecular formula is C59H50N4. The van der Waals surface area contributed by atoms with Crippen LogP contribution in [0.15, 0.2) is 168 Å². The van der Waals surface area contributed by atoms with Gasteiger partial charge in [-0.2, -0.15) is 10.5 Å². The fourth-order valence-electron chi connectivity index (χ4n) is 11.9. The molecule has 2 aromatic heterocycles. The van der Waals surface area contributed by atoms with E-state index >= 15 is 0 Å². The second kappa shape index (κ2) is 13.7. The first-order chi connectivity index (χ1) is 30.5. The van der Waals surface area contributed by atoms with E-state index < -0.39 is 5.92 Å². The Bertz CT molecular complexity index is 3490. The third-order valence-corrected chi connectivity index (χ3v) is 15.3. The average Bonchev–Trinajstić information content (AvgIpc) is 3.96. The van der Waals surface area contributed by atoms with E-state index in [-0.39, 0.29) is 16.7 Å². The molecule has 3 unspecified atom stereocenters. The van der Waals surface area contributed by atoms with Crippen LogP contribution in [0.1, 0.15) is 77.1 Å². The topological polar surface area (TPSA) is 57.4 Å². The predicted octanol–water partition coefficient (Wildman–Crippen LogP) is 14.8. The van der Waals surface area contributed by atoms with Gasteiger partial charge in [-0.05, 0) is 101 Å². The lowest BCUT2D eigenvalue weighted by Gasteiger charge is -2.30. The van der Waals surface area contributed by atoms with Gasteiger partial charge in [0.05, 0.1) is 39.6 Å². The summed E-state index contributed by atoms with van der Waals surface area (Å²) in [6.07, 6.45) is 22.5. The molecule has 4 heteroatoms. The van der Waals surface area contributed by atoms with Crippen LogP contribution in [0.3, 0.4) is 0 Å². The Balaban J connectivity index is 1.18. The molecule has 0 saturated carbocycles. The molecule has 0 spiro atoms. The number of allylic oxidation sites excluding steroid dienone is 19. The maximum Gasteiger partial charge on any atom is 0.101 e. The van der Waals surface area contributed by atoms with Crippen LogP contribution in [0.4, 0.5) is 0 Å². The van der Waals surface area contributed by atoms with Gasteiger partial charge in [0.2, 0.25) is 0 Å². The number of para-hydroxylation sites is 2. The van der Waals surface area contributed by atoms with E-state index in [9.17, 15) is 10.5 Å². The molecule has 306 valence electrons. The maximum absolute atomic E-state index is 11.3. The highest BCUT2D eigenvalue weighted by Crippen LogP contribution is 2.58. The van der Waals surface area contributed by atoms with Gasteiger partial charge >= 0.3 is 0 Å². The van der Waals surface area contributed by atoms with Crippen molar-refractivity contribution in [2.75, 3.05) is 0 Å². The van der Waals surface area contributed by atoms with Crippen LogP contribution in [0.5, 0.6) is 0 Å².